The summed E-state index contributed by atoms with van der Waals surface area (Å²) in [5.41, 5.74) is 2.48. The van der Waals surface area contributed by atoms with Crippen molar-refractivity contribution >= 4 is 19.9 Å². The Bertz CT molecular complexity index is 1740. The maximum atomic E-state index is 14.1. The van der Waals surface area contributed by atoms with Crippen molar-refractivity contribution in [3.8, 4) is 11.5 Å². The molecule has 0 bridgehead atoms. The fourth-order valence-corrected chi connectivity index (χ4v) is 7.29. The highest BCUT2D eigenvalue weighted by molar-refractivity contribution is 6.72. The number of hydrogen-bond donors (Lipinski definition) is 1. The molecule has 7 nitrogen and oxygen atoms in total. The van der Waals surface area contributed by atoms with Gasteiger partial charge in [-0.3, -0.25) is 4.79 Å². The van der Waals surface area contributed by atoms with Crippen LogP contribution in [0.3, 0.4) is 0 Å². The highest BCUT2D eigenvalue weighted by Gasteiger charge is 2.50. The van der Waals surface area contributed by atoms with Crippen LogP contribution in [0.2, 0.25) is 18.1 Å². The van der Waals surface area contributed by atoms with Crippen molar-refractivity contribution in [3.63, 3.8) is 0 Å². The van der Waals surface area contributed by atoms with Gasteiger partial charge in [0.15, 0.2) is 8.32 Å². The molecule has 2 heterocycles. The van der Waals surface area contributed by atoms with Crippen LogP contribution < -0.4 is 14.4 Å². The zero-order valence-electron chi connectivity index (χ0n) is 30.4. The molecule has 1 aliphatic heterocycles. The number of unbranched alkanes of at least 4 members (excludes halogenated alkanes) is 1. The largest absolute Gasteiger partial charge is 0.493 e. The number of halogens is 2. The lowest BCUT2D eigenvalue weighted by molar-refractivity contribution is -0.130. The summed E-state index contributed by atoms with van der Waals surface area (Å²) >= 11 is 0. The highest BCUT2D eigenvalue weighted by atomic mass is 28.4. The number of carbonyl (C=O) groups excluding carboxylic acids is 1. The summed E-state index contributed by atoms with van der Waals surface area (Å²) in [6.45, 7) is 11.8. The van der Waals surface area contributed by atoms with E-state index in [9.17, 15) is 18.4 Å². The Kier molecular flexibility index (Phi) is 12.5. The number of aromatic nitrogens is 2. The van der Waals surface area contributed by atoms with Crippen molar-refractivity contribution in [3.05, 3.63) is 120 Å². The summed E-state index contributed by atoms with van der Waals surface area (Å²) in [5.74, 6) is 0.237. The fourth-order valence-electron chi connectivity index (χ4n) is 6.55. The van der Waals surface area contributed by atoms with Crippen LogP contribution in [0, 0.1) is 17.6 Å². The number of anilines is 1. The minimum absolute atomic E-state index is 0.00530. The van der Waals surface area contributed by atoms with E-state index >= 15 is 0 Å². The minimum Gasteiger partial charge on any atom is -0.493 e. The second-order valence-electron chi connectivity index (χ2n) is 14.7. The Morgan fingerprint density at radius 1 is 1.00 bits per heavy atom. The molecule has 0 radical (unpaired) electrons. The first-order valence-electron chi connectivity index (χ1n) is 17.9. The number of ether oxygens (including phenoxy) is 2. The molecule has 4 aromatic rings. The SMILES string of the molecule is CCCCOc1cc(OC/C=C/Cn2ccnc2)ccc1[C@@H]1C(CC[C@H](CC(C)(C)[Si](C)(C)O)c2ccc(F)cc2)C(=O)N1c1ccc(F)cc1. The molecule has 1 fully saturated rings. The van der Waals surface area contributed by atoms with Gasteiger partial charge in [0, 0.05) is 36.3 Å². The van der Waals surface area contributed by atoms with Crippen molar-refractivity contribution < 1.29 is 27.8 Å². The Labute approximate surface area is 302 Å². The molecule has 5 rings (SSSR count). The zero-order chi connectivity index (χ0) is 36.6. The number of nitrogens with zero attached hydrogens (tertiary/aromatic N) is 3. The Morgan fingerprint density at radius 2 is 1.71 bits per heavy atom. The molecule has 1 unspecified atom stereocenters. The summed E-state index contributed by atoms with van der Waals surface area (Å²) in [6.07, 6.45) is 13.2. The molecule has 1 N–H and O–H groups in total. The number of hydrogen-bond acceptors (Lipinski definition) is 5. The van der Waals surface area contributed by atoms with Crippen LogP contribution >= 0.6 is 0 Å². The first kappa shape index (κ1) is 38.0. The monoisotopic (exact) mass is 715 g/mol. The molecular formula is C41H51F2N3O4Si. The number of amides is 1. The average Bonchev–Trinajstić information content (AvgIpc) is 3.61. The molecular weight excluding hydrogens is 665 g/mol. The number of carbonyl (C=O) groups is 1. The van der Waals surface area contributed by atoms with Crippen molar-refractivity contribution in [1.82, 2.24) is 9.55 Å². The van der Waals surface area contributed by atoms with Gasteiger partial charge in [-0.1, -0.05) is 45.4 Å². The van der Waals surface area contributed by atoms with Crippen LogP contribution in [0.15, 0.2) is 97.6 Å². The minimum atomic E-state index is -2.55. The molecule has 0 spiro atoms. The first-order chi connectivity index (χ1) is 24.4. The molecule has 1 aromatic heterocycles. The topological polar surface area (TPSA) is 76.8 Å². The van der Waals surface area contributed by atoms with E-state index in [1.54, 1.807) is 29.6 Å². The van der Waals surface area contributed by atoms with Gasteiger partial charge >= 0.3 is 0 Å². The molecule has 1 aliphatic rings. The molecule has 0 saturated carbocycles. The predicted molar refractivity (Wildman–Crippen MR) is 201 cm³/mol. The van der Waals surface area contributed by atoms with Gasteiger partial charge in [0.2, 0.25) is 5.91 Å². The third-order valence-electron chi connectivity index (χ3n) is 10.3. The van der Waals surface area contributed by atoms with Gasteiger partial charge in [-0.25, -0.2) is 13.8 Å². The van der Waals surface area contributed by atoms with Crippen molar-refractivity contribution in [2.24, 2.45) is 5.92 Å². The van der Waals surface area contributed by atoms with Gasteiger partial charge < -0.3 is 23.7 Å². The lowest BCUT2D eigenvalue weighted by Gasteiger charge is -2.48. The lowest BCUT2D eigenvalue weighted by Crippen LogP contribution is -2.55. The van der Waals surface area contributed by atoms with Gasteiger partial charge in [0.05, 0.1) is 24.9 Å². The number of imidazole rings is 1. The van der Waals surface area contributed by atoms with Crippen molar-refractivity contribution in [2.45, 2.75) is 89.5 Å². The third kappa shape index (κ3) is 9.54. The molecule has 3 aromatic carbocycles. The van der Waals surface area contributed by atoms with Gasteiger partial charge in [0.25, 0.3) is 0 Å². The highest BCUT2D eigenvalue weighted by Crippen LogP contribution is 2.51. The smallest absolute Gasteiger partial charge is 0.233 e. The van der Waals surface area contributed by atoms with E-state index in [4.69, 9.17) is 9.47 Å². The summed E-state index contributed by atoms with van der Waals surface area (Å²) < 4.78 is 42.4. The first-order valence-corrected chi connectivity index (χ1v) is 20.9. The fraction of sp³-hybridized carbons (Fsp3) is 0.415. The van der Waals surface area contributed by atoms with E-state index in [2.05, 4.69) is 25.8 Å². The van der Waals surface area contributed by atoms with Crippen molar-refractivity contribution in [1.29, 1.82) is 0 Å². The van der Waals surface area contributed by atoms with E-state index < -0.39 is 8.32 Å². The van der Waals surface area contributed by atoms with Gasteiger partial charge in [-0.2, -0.15) is 0 Å². The quantitative estimate of drug-likeness (QED) is 0.0481. The normalized spacial score (nSPS) is 17.1. The molecule has 10 heteroatoms. The van der Waals surface area contributed by atoms with Gasteiger partial charge in [-0.05, 0) is 110 Å². The van der Waals surface area contributed by atoms with E-state index in [0.717, 1.165) is 24.0 Å². The maximum absolute atomic E-state index is 14.1. The Morgan fingerprint density at radius 3 is 2.35 bits per heavy atom. The second kappa shape index (κ2) is 16.8. The molecule has 3 atom stereocenters. The van der Waals surface area contributed by atoms with E-state index in [0.29, 0.717) is 56.2 Å². The van der Waals surface area contributed by atoms with Crippen LogP contribution in [0.5, 0.6) is 11.5 Å². The molecule has 272 valence electrons. The van der Waals surface area contributed by atoms with Crippen molar-refractivity contribution in [2.75, 3.05) is 18.1 Å². The zero-order valence-corrected chi connectivity index (χ0v) is 31.4. The van der Waals surface area contributed by atoms with Gasteiger partial charge in [0.1, 0.15) is 29.7 Å². The van der Waals surface area contributed by atoms with E-state index in [1.165, 1.54) is 24.3 Å². The maximum Gasteiger partial charge on any atom is 0.233 e. The van der Waals surface area contributed by atoms with Gasteiger partial charge in [-0.15, -0.1) is 0 Å². The second-order valence-corrected chi connectivity index (χ2v) is 19.1. The standard InChI is InChI=1S/C41H51F2N3O4Si/c1-6-7-25-50-38-27-35(49-26-9-8-23-45-24-22-44-29-45)19-21-36(38)39-37(40(47)46(39)34-17-15-33(43)16-18-34)20-12-31(28-41(2,3)51(4,5)48)30-10-13-32(42)14-11-30/h8-11,13-19,21-22,24,27,29,31,37,39,48H,6-7,12,20,23,25-26,28H2,1-5H3/b9-8+/t31-,37?,39-/m1/s1. The number of allylic oxidation sites excluding steroid dienone is 1. The van der Waals surface area contributed by atoms with Crippen LogP contribution in [-0.2, 0) is 11.3 Å². The lowest BCUT2D eigenvalue weighted by atomic mass is 9.75. The summed E-state index contributed by atoms with van der Waals surface area (Å²) in [4.78, 5) is 31.0. The molecule has 0 aliphatic carbocycles. The number of benzene rings is 3. The summed E-state index contributed by atoms with van der Waals surface area (Å²) in [6, 6.07) is 18.0. The van der Waals surface area contributed by atoms with Crippen LogP contribution in [0.1, 0.15) is 76.0 Å². The predicted octanol–water partition coefficient (Wildman–Crippen LogP) is 9.61. The van der Waals surface area contributed by atoms with Crippen LogP contribution in [-0.4, -0.2) is 41.8 Å². The molecule has 51 heavy (non-hydrogen) atoms. The summed E-state index contributed by atoms with van der Waals surface area (Å²) in [5, 5.41) is -0.319. The number of β-lactam (4-membered cyclic amide) rings is 1. The van der Waals surface area contributed by atoms with E-state index in [1.807, 2.05) is 66.3 Å². The number of rotatable bonds is 18. The molecule has 1 saturated heterocycles. The van der Waals surface area contributed by atoms with E-state index in [-0.39, 0.29) is 40.5 Å². The Balaban J connectivity index is 1.43. The van der Waals surface area contributed by atoms with Crippen LogP contribution in [0.25, 0.3) is 0 Å². The van der Waals surface area contributed by atoms with Crippen LogP contribution in [0.4, 0.5) is 14.5 Å². The third-order valence-corrected chi connectivity index (χ3v) is 13.9. The Hall–Kier alpha value is -4.28. The molecule has 1 amide bonds. The summed E-state index contributed by atoms with van der Waals surface area (Å²) in [7, 11) is -2.55. The average molecular weight is 716 g/mol.